The number of hydrogen-bond acceptors (Lipinski definition) is 3. The molecule has 0 N–H and O–H groups in total. The van der Waals surface area contributed by atoms with Crippen LogP contribution in [0.5, 0.6) is 0 Å². The maximum Gasteiger partial charge on any atom is 0.171 e. The minimum absolute atomic E-state index is 0.331. The molecule has 0 radical (unpaired) electrons. The maximum absolute atomic E-state index is 10.5. The van der Waals surface area contributed by atoms with Gasteiger partial charge in [-0.3, -0.25) is 4.79 Å². The lowest BCUT2D eigenvalue weighted by atomic mass is 10.2. The molecule has 0 aliphatic carbocycles. The van der Waals surface area contributed by atoms with Gasteiger partial charge in [0.1, 0.15) is 5.69 Å². The molecule has 0 unspecified atom stereocenters. The van der Waals surface area contributed by atoms with E-state index in [2.05, 4.69) is 26.1 Å². The highest BCUT2D eigenvalue weighted by Crippen LogP contribution is 2.17. The fourth-order valence-electron chi connectivity index (χ4n) is 1.29. The van der Waals surface area contributed by atoms with Gasteiger partial charge in [-0.15, -0.1) is 5.10 Å². The lowest BCUT2D eigenvalue weighted by molar-refractivity contribution is 0.111. The Morgan fingerprint density at radius 3 is 2.87 bits per heavy atom. The molecule has 0 saturated heterocycles. The highest BCUT2D eigenvalue weighted by atomic mass is 79.9. The second-order valence-electron chi connectivity index (χ2n) is 3.11. The first-order chi connectivity index (χ1) is 7.20. The van der Waals surface area contributed by atoms with Crippen LogP contribution in [-0.4, -0.2) is 21.3 Å². The second kappa shape index (κ2) is 3.94. The summed E-state index contributed by atoms with van der Waals surface area (Å²) in [7, 11) is 0. The molecule has 2 rings (SSSR count). The smallest absolute Gasteiger partial charge is 0.171 e. The number of carbonyl (C=O) groups is 1. The van der Waals surface area contributed by atoms with Crippen LogP contribution in [0.4, 0.5) is 0 Å². The normalized spacial score (nSPS) is 10.3. The van der Waals surface area contributed by atoms with E-state index in [0.717, 1.165) is 15.7 Å². The molecule has 0 bridgehead atoms. The molecule has 0 amide bonds. The van der Waals surface area contributed by atoms with E-state index in [4.69, 9.17) is 0 Å². The average molecular weight is 266 g/mol. The molecule has 4 nitrogen and oxygen atoms in total. The van der Waals surface area contributed by atoms with E-state index < -0.39 is 0 Å². The summed E-state index contributed by atoms with van der Waals surface area (Å²) in [6, 6.07) is 5.78. The molecule has 1 aromatic heterocycles. The quantitative estimate of drug-likeness (QED) is 0.782. The number of nitrogens with zero attached hydrogens (tertiary/aromatic N) is 3. The summed E-state index contributed by atoms with van der Waals surface area (Å²) in [6.45, 7) is 1.96. The summed E-state index contributed by atoms with van der Waals surface area (Å²) in [6.07, 6.45) is 2.12. The van der Waals surface area contributed by atoms with Crippen LogP contribution in [0.15, 0.2) is 28.9 Å². The summed E-state index contributed by atoms with van der Waals surface area (Å²) < 4.78 is 1.01. The van der Waals surface area contributed by atoms with Gasteiger partial charge in [-0.1, -0.05) is 15.9 Å². The van der Waals surface area contributed by atoms with E-state index in [-0.39, 0.29) is 0 Å². The zero-order valence-corrected chi connectivity index (χ0v) is 9.60. The summed E-state index contributed by atoms with van der Waals surface area (Å²) in [5.74, 6) is 0. The van der Waals surface area contributed by atoms with Crippen LogP contribution in [0.25, 0.3) is 5.69 Å². The summed E-state index contributed by atoms with van der Waals surface area (Å²) >= 11 is 3.38. The van der Waals surface area contributed by atoms with Gasteiger partial charge in [0.2, 0.25) is 0 Å². The molecule has 0 aliphatic heterocycles. The molecule has 2 aromatic rings. The van der Waals surface area contributed by atoms with E-state index >= 15 is 0 Å². The van der Waals surface area contributed by atoms with Gasteiger partial charge in [-0.2, -0.15) is 9.90 Å². The molecule has 76 valence electrons. The van der Waals surface area contributed by atoms with Crippen molar-refractivity contribution in [3.63, 3.8) is 0 Å². The molecule has 15 heavy (non-hydrogen) atoms. The molecule has 1 heterocycles. The van der Waals surface area contributed by atoms with Crippen molar-refractivity contribution in [2.45, 2.75) is 6.92 Å². The predicted octanol–water partition coefficient (Wildman–Crippen LogP) is 2.15. The van der Waals surface area contributed by atoms with E-state index in [1.807, 2.05) is 25.1 Å². The van der Waals surface area contributed by atoms with Crippen LogP contribution in [0, 0.1) is 6.92 Å². The number of halogens is 1. The molecule has 0 spiro atoms. The Morgan fingerprint density at radius 2 is 2.27 bits per heavy atom. The van der Waals surface area contributed by atoms with Gasteiger partial charge in [0.05, 0.1) is 11.9 Å². The maximum atomic E-state index is 10.5. The van der Waals surface area contributed by atoms with Gasteiger partial charge in [0.15, 0.2) is 6.29 Å². The van der Waals surface area contributed by atoms with Gasteiger partial charge in [0, 0.05) is 4.47 Å². The van der Waals surface area contributed by atoms with Crippen molar-refractivity contribution < 1.29 is 4.79 Å². The van der Waals surface area contributed by atoms with E-state index in [1.54, 1.807) is 0 Å². The summed E-state index contributed by atoms with van der Waals surface area (Å²) in [5.41, 5.74) is 2.24. The van der Waals surface area contributed by atoms with Gasteiger partial charge >= 0.3 is 0 Å². The first-order valence-electron chi connectivity index (χ1n) is 4.35. The monoisotopic (exact) mass is 265 g/mol. The molecule has 0 fully saturated rings. The largest absolute Gasteiger partial charge is 0.296 e. The fraction of sp³-hybridized carbons (Fsp3) is 0.100. The highest BCUT2D eigenvalue weighted by Gasteiger charge is 2.04. The molecule has 1 aromatic carbocycles. The Balaban J connectivity index is 2.49. The summed E-state index contributed by atoms with van der Waals surface area (Å²) in [5, 5.41) is 8.02. The van der Waals surface area contributed by atoms with E-state index in [0.29, 0.717) is 12.0 Å². The highest BCUT2D eigenvalue weighted by molar-refractivity contribution is 9.10. The molecule has 0 saturated carbocycles. The molecule has 0 atom stereocenters. The Morgan fingerprint density at radius 1 is 1.47 bits per heavy atom. The molecular formula is C10H8BrN3O. The number of benzene rings is 1. The zero-order valence-electron chi connectivity index (χ0n) is 8.01. The Kier molecular flexibility index (Phi) is 2.64. The van der Waals surface area contributed by atoms with Crippen molar-refractivity contribution in [2.75, 3.05) is 0 Å². The minimum atomic E-state index is 0.331. The topological polar surface area (TPSA) is 47.8 Å². The van der Waals surface area contributed by atoms with Crippen LogP contribution in [0.2, 0.25) is 0 Å². The van der Waals surface area contributed by atoms with Crippen molar-refractivity contribution in [1.82, 2.24) is 15.0 Å². The Labute approximate surface area is 95.0 Å². The third kappa shape index (κ3) is 1.97. The van der Waals surface area contributed by atoms with E-state index in [9.17, 15) is 4.79 Å². The first kappa shape index (κ1) is 10.0. The number of aromatic nitrogens is 3. The van der Waals surface area contributed by atoms with Gasteiger partial charge in [-0.05, 0) is 30.7 Å². The number of rotatable bonds is 2. The lowest BCUT2D eigenvalue weighted by Crippen LogP contribution is -2.01. The van der Waals surface area contributed by atoms with Crippen LogP contribution < -0.4 is 0 Å². The zero-order chi connectivity index (χ0) is 10.8. The van der Waals surface area contributed by atoms with Crippen molar-refractivity contribution in [1.29, 1.82) is 0 Å². The standard InChI is InChI=1S/C10H8BrN3O/c1-7-4-8(11)2-3-10(7)14-12-5-9(6-15)13-14/h2-6H,1H3. The molecular weight excluding hydrogens is 258 g/mol. The summed E-state index contributed by atoms with van der Waals surface area (Å²) in [4.78, 5) is 11.9. The first-order valence-corrected chi connectivity index (χ1v) is 5.14. The van der Waals surface area contributed by atoms with E-state index in [1.165, 1.54) is 11.0 Å². The van der Waals surface area contributed by atoms with Crippen LogP contribution in [0.1, 0.15) is 16.1 Å². The Bertz CT molecular complexity index is 507. The van der Waals surface area contributed by atoms with Crippen LogP contribution in [0.3, 0.4) is 0 Å². The van der Waals surface area contributed by atoms with Crippen molar-refractivity contribution in [3.05, 3.63) is 40.1 Å². The van der Waals surface area contributed by atoms with Gasteiger partial charge < -0.3 is 0 Å². The van der Waals surface area contributed by atoms with Crippen molar-refractivity contribution in [2.24, 2.45) is 0 Å². The molecule has 5 heteroatoms. The number of hydrogen-bond donors (Lipinski definition) is 0. The lowest BCUT2D eigenvalue weighted by Gasteiger charge is -2.03. The predicted molar refractivity (Wildman–Crippen MR) is 59.2 cm³/mol. The number of aryl methyl sites for hydroxylation is 1. The van der Waals surface area contributed by atoms with Gasteiger partial charge in [-0.25, -0.2) is 0 Å². The SMILES string of the molecule is Cc1cc(Br)ccc1-n1ncc(C=O)n1. The van der Waals surface area contributed by atoms with Gasteiger partial charge in [0.25, 0.3) is 0 Å². The van der Waals surface area contributed by atoms with Crippen LogP contribution in [-0.2, 0) is 0 Å². The fourth-order valence-corrected chi connectivity index (χ4v) is 1.76. The third-order valence-electron chi connectivity index (χ3n) is 2.00. The van der Waals surface area contributed by atoms with Crippen LogP contribution >= 0.6 is 15.9 Å². The Hall–Kier alpha value is -1.49. The second-order valence-corrected chi connectivity index (χ2v) is 4.02. The third-order valence-corrected chi connectivity index (χ3v) is 2.50. The average Bonchev–Trinajstić information content (AvgIpc) is 2.66. The number of aldehydes is 1. The van der Waals surface area contributed by atoms with Crippen molar-refractivity contribution in [3.8, 4) is 5.69 Å². The van der Waals surface area contributed by atoms with Crippen molar-refractivity contribution >= 4 is 22.2 Å². The minimum Gasteiger partial charge on any atom is -0.296 e. The molecule has 0 aliphatic rings. The number of carbonyl (C=O) groups excluding carboxylic acids is 1.